The van der Waals surface area contributed by atoms with Gasteiger partial charge in [0, 0.05) is 5.92 Å². The largest absolute Gasteiger partial charge is 0.496 e. The first-order chi connectivity index (χ1) is 8.25. The Labute approximate surface area is 109 Å². The lowest BCUT2D eigenvalue weighted by Crippen LogP contribution is -2.43. The average molecular weight is 253 g/mol. The maximum Gasteiger partial charge on any atom is 0.408 e. The van der Waals surface area contributed by atoms with Crippen LogP contribution >= 0.6 is 0 Å². The summed E-state index contributed by atoms with van der Waals surface area (Å²) in [6, 6.07) is 0. The van der Waals surface area contributed by atoms with Crippen LogP contribution in [0.3, 0.4) is 0 Å². The van der Waals surface area contributed by atoms with E-state index in [1.54, 1.807) is 0 Å². The van der Waals surface area contributed by atoms with Crippen molar-refractivity contribution in [2.75, 3.05) is 6.61 Å². The van der Waals surface area contributed by atoms with E-state index in [2.05, 4.69) is 18.5 Å². The van der Waals surface area contributed by atoms with Crippen molar-refractivity contribution in [3.8, 4) is 0 Å². The number of hydrogen-bond acceptors (Lipinski definition) is 3. The van der Waals surface area contributed by atoms with Gasteiger partial charge in [0.25, 0.3) is 0 Å². The van der Waals surface area contributed by atoms with Crippen molar-refractivity contribution in [1.82, 2.24) is 5.32 Å². The van der Waals surface area contributed by atoms with Crippen LogP contribution in [0.4, 0.5) is 4.79 Å². The molecule has 1 aliphatic rings. The van der Waals surface area contributed by atoms with Gasteiger partial charge in [0.15, 0.2) is 0 Å². The maximum atomic E-state index is 11.8. The summed E-state index contributed by atoms with van der Waals surface area (Å²) >= 11 is 0. The second-order valence-corrected chi connectivity index (χ2v) is 5.50. The minimum absolute atomic E-state index is 0.157. The van der Waals surface area contributed by atoms with Gasteiger partial charge in [-0.1, -0.05) is 12.7 Å². The van der Waals surface area contributed by atoms with E-state index >= 15 is 0 Å². The molecule has 0 aromatic rings. The van der Waals surface area contributed by atoms with Crippen molar-refractivity contribution in [2.24, 2.45) is 5.92 Å². The molecule has 0 aromatic carbocycles. The molecule has 4 nitrogen and oxygen atoms in total. The van der Waals surface area contributed by atoms with Crippen LogP contribution in [0.1, 0.15) is 34.1 Å². The zero-order chi connectivity index (χ0) is 14.0. The van der Waals surface area contributed by atoms with E-state index in [0.29, 0.717) is 12.4 Å². The number of carbonyl (C=O) groups excluding carboxylic acids is 1. The molecular formula is C14H23NO3. The number of ether oxygens (including phenoxy) is 2. The molecule has 1 N–H and O–H groups in total. The zero-order valence-electron chi connectivity index (χ0n) is 11.7. The van der Waals surface area contributed by atoms with Crippen LogP contribution in [0.25, 0.3) is 0 Å². The summed E-state index contributed by atoms with van der Waals surface area (Å²) in [5, 5.41) is 2.85. The number of hydrogen-bond donors (Lipinski definition) is 1. The second kappa shape index (κ2) is 5.04. The summed E-state index contributed by atoms with van der Waals surface area (Å²) in [5.74, 6) is 0.727. The number of alkyl carbamates (subject to hydrolysis) is 1. The van der Waals surface area contributed by atoms with Gasteiger partial charge in [0.05, 0.1) is 6.61 Å². The molecular weight excluding hydrogens is 230 g/mol. The topological polar surface area (TPSA) is 47.6 Å². The number of amides is 1. The van der Waals surface area contributed by atoms with Gasteiger partial charge in [0.1, 0.15) is 16.9 Å². The third-order valence-electron chi connectivity index (χ3n) is 2.84. The summed E-state index contributed by atoms with van der Waals surface area (Å²) < 4.78 is 10.7. The van der Waals surface area contributed by atoms with Gasteiger partial charge in [-0.3, -0.25) is 0 Å². The highest BCUT2D eigenvalue weighted by molar-refractivity contribution is 5.70. The van der Waals surface area contributed by atoms with Crippen LogP contribution in [-0.4, -0.2) is 23.8 Å². The predicted molar refractivity (Wildman–Crippen MR) is 71.2 cm³/mol. The van der Waals surface area contributed by atoms with E-state index in [1.165, 1.54) is 0 Å². The average Bonchev–Trinajstić information content (AvgIpc) is 2.90. The Balaban J connectivity index is 2.68. The fourth-order valence-electron chi connectivity index (χ4n) is 1.90. The monoisotopic (exact) mass is 253 g/mol. The molecule has 18 heavy (non-hydrogen) atoms. The van der Waals surface area contributed by atoms with Crippen LogP contribution in [-0.2, 0) is 9.47 Å². The molecule has 102 valence electrons. The van der Waals surface area contributed by atoms with E-state index in [1.807, 2.05) is 33.8 Å². The second-order valence-electron chi connectivity index (χ2n) is 5.50. The molecule has 0 heterocycles. The Morgan fingerprint density at radius 2 is 2.17 bits per heavy atom. The van der Waals surface area contributed by atoms with E-state index in [0.717, 1.165) is 6.42 Å². The SMILES string of the molecule is C=C[C@H]1C[C@@]1(NC(=O)OC(C)(C)C)C(=C)OCC. The molecule has 1 amide bonds. The van der Waals surface area contributed by atoms with Gasteiger partial charge in [-0.05, 0) is 34.1 Å². The summed E-state index contributed by atoms with van der Waals surface area (Å²) in [7, 11) is 0. The van der Waals surface area contributed by atoms with Gasteiger partial charge in [0.2, 0.25) is 0 Å². The van der Waals surface area contributed by atoms with Gasteiger partial charge in [-0.2, -0.15) is 0 Å². The molecule has 0 radical (unpaired) electrons. The first-order valence-electron chi connectivity index (χ1n) is 6.21. The molecule has 1 fully saturated rings. The van der Waals surface area contributed by atoms with Crippen molar-refractivity contribution in [3.63, 3.8) is 0 Å². The zero-order valence-corrected chi connectivity index (χ0v) is 11.7. The van der Waals surface area contributed by atoms with E-state index < -0.39 is 17.2 Å². The Kier molecular flexibility index (Phi) is 4.09. The summed E-state index contributed by atoms with van der Waals surface area (Å²) in [5.41, 5.74) is -1.06. The maximum absolute atomic E-state index is 11.8. The lowest BCUT2D eigenvalue weighted by molar-refractivity contribution is 0.0479. The quantitative estimate of drug-likeness (QED) is 0.605. The van der Waals surface area contributed by atoms with E-state index in [4.69, 9.17) is 9.47 Å². The minimum atomic E-state index is -0.542. The Bertz CT molecular complexity index is 357. The molecule has 1 saturated carbocycles. The Hall–Kier alpha value is -1.45. The van der Waals surface area contributed by atoms with Crippen molar-refractivity contribution in [1.29, 1.82) is 0 Å². The van der Waals surface area contributed by atoms with Gasteiger partial charge in [-0.15, -0.1) is 6.58 Å². The fraction of sp³-hybridized carbons (Fsp3) is 0.643. The summed E-state index contributed by atoms with van der Waals surface area (Å²) in [4.78, 5) is 11.8. The molecule has 0 aliphatic heterocycles. The predicted octanol–water partition coefficient (Wildman–Crippen LogP) is 3.01. The first-order valence-corrected chi connectivity index (χ1v) is 6.21. The highest BCUT2D eigenvalue weighted by Crippen LogP contribution is 2.49. The number of rotatable bonds is 5. The van der Waals surface area contributed by atoms with Crippen LogP contribution in [0.15, 0.2) is 25.0 Å². The molecule has 2 atom stereocenters. The lowest BCUT2D eigenvalue weighted by Gasteiger charge is -2.25. The normalized spacial score (nSPS) is 26.1. The van der Waals surface area contributed by atoms with Crippen molar-refractivity contribution in [3.05, 3.63) is 25.0 Å². The van der Waals surface area contributed by atoms with Crippen LogP contribution < -0.4 is 5.32 Å². The van der Waals surface area contributed by atoms with Gasteiger partial charge >= 0.3 is 6.09 Å². The molecule has 1 rings (SSSR count). The van der Waals surface area contributed by atoms with Crippen molar-refractivity contribution in [2.45, 2.75) is 45.3 Å². The molecule has 4 heteroatoms. The van der Waals surface area contributed by atoms with Crippen molar-refractivity contribution < 1.29 is 14.3 Å². The highest BCUT2D eigenvalue weighted by Gasteiger charge is 2.57. The van der Waals surface area contributed by atoms with Gasteiger partial charge < -0.3 is 14.8 Å². The fourth-order valence-corrected chi connectivity index (χ4v) is 1.90. The molecule has 0 saturated heterocycles. The smallest absolute Gasteiger partial charge is 0.408 e. The number of nitrogens with one attached hydrogen (secondary N) is 1. The summed E-state index contributed by atoms with van der Waals surface area (Å²) in [6.07, 6.45) is 2.11. The third-order valence-corrected chi connectivity index (χ3v) is 2.84. The van der Waals surface area contributed by atoms with Gasteiger partial charge in [-0.25, -0.2) is 4.79 Å². The Morgan fingerprint density at radius 1 is 1.56 bits per heavy atom. The highest BCUT2D eigenvalue weighted by atomic mass is 16.6. The molecule has 0 unspecified atom stereocenters. The van der Waals surface area contributed by atoms with Crippen LogP contribution in [0.5, 0.6) is 0 Å². The van der Waals surface area contributed by atoms with Crippen LogP contribution in [0.2, 0.25) is 0 Å². The van der Waals surface area contributed by atoms with E-state index in [-0.39, 0.29) is 5.92 Å². The molecule has 1 aliphatic carbocycles. The summed E-state index contributed by atoms with van der Waals surface area (Å²) in [6.45, 7) is 15.5. The molecule has 0 spiro atoms. The Morgan fingerprint density at radius 3 is 2.56 bits per heavy atom. The standard InChI is InChI=1S/C14H23NO3/c1-7-11-9-14(11,10(3)17-8-2)15-12(16)18-13(4,5)6/h7,11H,1,3,8-9H2,2,4-6H3,(H,15,16)/t11-,14+/m0/s1. The van der Waals surface area contributed by atoms with Crippen LogP contribution in [0, 0.1) is 5.92 Å². The van der Waals surface area contributed by atoms with E-state index in [9.17, 15) is 4.79 Å². The first kappa shape index (κ1) is 14.6. The third kappa shape index (κ3) is 3.28. The van der Waals surface area contributed by atoms with Crippen molar-refractivity contribution >= 4 is 6.09 Å². The number of carbonyl (C=O) groups is 1. The molecule has 0 bridgehead atoms. The molecule has 0 aromatic heterocycles. The lowest BCUT2D eigenvalue weighted by atomic mass is 10.1. The minimum Gasteiger partial charge on any atom is -0.496 e.